The van der Waals surface area contributed by atoms with Crippen molar-refractivity contribution in [3.8, 4) is 11.4 Å². The van der Waals surface area contributed by atoms with Crippen molar-refractivity contribution in [2.45, 2.75) is 56.5 Å². The van der Waals surface area contributed by atoms with Crippen LogP contribution in [-0.4, -0.2) is 43.9 Å². The summed E-state index contributed by atoms with van der Waals surface area (Å²) < 4.78 is 7.64. The predicted octanol–water partition coefficient (Wildman–Crippen LogP) is 4.78. The van der Waals surface area contributed by atoms with Crippen molar-refractivity contribution in [2.75, 3.05) is 13.1 Å². The zero-order valence-electron chi connectivity index (χ0n) is 17.6. The highest BCUT2D eigenvalue weighted by Gasteiger charge is 2.26. The Labute approximate surface area is 181 Å². The van der Waals surface area contributed by atoms with Crippen LogP contribution in [0, 0.1) is 6.92 Å². The highest BCUT2D eigenvalue weighted by molar-refractivity contribution is 8.00. The van der Waals surface area contributed by atoms with Crippen LogP contribution in [0.1, 0.15) is 43.9 Å². The molecule has 1 unspecified atom stereocenters. The second-order valence-corrected chi connectivity index (χ2v) is 9.09. The smallest absolute Gasteiger partial charge is 0.235 e. The van der Waals surface area contributed by atoms with Gasteiger partial charge in [0.05, 0.1) is 18.1 Å². The van der Waals surface area contributed by atoms with Crippen molar-refractivity contribution >= 4 is 17.7 Å². The van der Waals surface area contributed by atoms with Crippen LogP contribution >= 0.6 is 11.8 Å². The standard InChI is InChI=1S/C23H28N4O2S/c1-17-10-5-6-12-20(17)21-24-25-23(27(21)16-19-11-9-15-29-19)30-18(2)22(28)26-13-7-3-4-8-14-26/h5-6,9-12,15,18H,3-4,7-8,13-14,16H2,1-2H3. The maximum Gasteiger partial charge on any atom is 0.235 e. The molecule has 0 N–H and O–H groups in total. The Morgan fingerprint density at radius 2 is 1.87 bits per heavy atom. The summed E-state index contributed by atoms with van der Waals surface area (Å²) in [4.78, 5) is 15.1. The molecule has 0 radical (unpaired) electrons. The van der Waals surface area contributed by atoms with Crippen molar-refractivity contribution in [1.29, 1.82) is 0 Å². The second-order valence-electron chi connectivity index (χ2n) is 7.79. The van der Waals surface area contributed by atoms with E-state index in [-0.39, 0.29) is 11.2 Å². The van der Waals surface area contributed by atoms with E-state index in [0.29, 0.717) is 6.54 Å². The number of carbonyl (C=O) groups is 1. The number of hydrogen-bond donors (Lipinski definition) is 0. The van der Waals surface area contributed by atoms with Gasteiger partial charge in [-0.3, -0.25) is 9.36 Å². The van der Waals surface area contributed by atoms with E-state index in [4.69, 9.17) is 4.42 Å². The zero-order chi connectivity index (χ0) is 20.9. The van der Waals surface area contributed by atoms with Crippen molar-refractivity contribution in [1.82, 2.24) is 19.7 Å². The van der Waals surface area contributed by atoms with Gasteiger partial charge in [-0.2, -0.15) is 0 Å². The van der Waals surface area contributed by atoms with E-state index in [1.165, 1.54) is 24.6 Å². The first-order valence-electron chi connectivity index (χ1n) is 10.6. The second kappa shape index (κ2) is 9.51. The van der Waals surface area contributed by atoms with Crippen molar-refractivity contribution in [2.24, 2.45) is 0 Å². The van der Waals surface area contributed by atoms with Gasteiger partial charge in [-0.1, -0.05) is 48.9 Å². The number of nitrogens with zero attached hydrogens (tertiary/aromatic N) is 4. The quantitative estimate of drug-likeness (QED) is 0.533. The molecular weight excluding hydrogens is 396 g/mol. The topological polar surface area (TPSA) is 64.2 Å². The summed E-state index contributed by atoms with van der Waals surface area (Å²) in [6, 6.07) is 12.0. The largest absolute Gasteiger partial charge is 0.467 e. The molecule has 30 heavy (non-hydrogen) atoms. The highest BCUT2D eigenvalue weighted by atomic mass is 32.2. The van der Waals surface area contributed by atoms with Gasteiger partial charge in [0.1, 0.15) is 5.76 Å². The molecule has 2 aromatic heterocycles. The van der Waals surface area contributed by atoms with Gasteiger partial charge in [-0.15, -0.1) is 10.2 Å². The number of likely N-dealkylation sites (tertiary alicyclic amines) is 1. The van der Waals surface area contributed by atoms with Gasteiger partial charge in [0.15, 0.2) is 11.0 Å². The third-order valence-corrected chi connectivity index (χ3v) is 6.61. The summed E-state index contributed by atoms with van der Waals surface area (Å²) in [5, 5.41) is 9.48. The van der Waals surface area contributed by atoms with Crippen LogP contribution in [0.5, 0.6) is 0 Å². The summed E-state index contributed by atoms with van der Waals surface area (Å²) in [5.41, 5.74) is 2.17. The minimum absolute atomic E-state index is 0.187. The minimum atomic E-state index is -0.215. The van der Waals surface area contributed by atoms with E-state index < -0.39 is 0 Å². The SMILES string of the molecule is Cc1ccccc1-c1nnc(SC(C)C(=O)N2CCCCCC2)n1Cc1ccco1. The third-order valence-electron chi connectivity index (χ3n) is 5.54. The van der Waals surface area contributed by atoms with Crippen molar-refractivity contribution < 1.29 is 9.21 Å². The van der Waals surface area contributed by atoms with Gasteiger partial charge in [-0.25, -0.2) is 0 Å². The Morgan fingerprint density at radius 1 is 1.10 bits per heavy atom. The monoisotopic (exact) mass is 424 g/mol. The summed E-state index contributed by atoms with van der Waals surface area (Å²) in [5.74, 6) is 1.81. The number of rotatable bonds is 6. The Balaban J connectivity index is 1.60. The molecule has 6 nitrogen and oxygen atoms in total. The van der Waals surface area contributed by atoms with E-state index in [0.717, 1.165) is 53.8 Å². The molecular formula is C23H28N4O2S. The van der Waals surface area contributed by atoms with Gasteiger partial charge < -0.3 is 9.32 Å². The molecule has 1 saturated heterocycles. The van der Waals surface area contributed by atoms with Gasteiger partial charge in [0, 0.05) is 18.7 Å². The lowest BCUT2D eigenvalue weighted by molar-refractivity contribution is -0.130. The van der Waals surface area contributed by atoms with Crippen LogP contribution in [0.3, 0.4) is 0 Å². The number of furan rings is 1. The highest BCUT2D eigenvalue weighted by Crippen LogP contribution is 2.30. The maximum atomic E-state index is 13.0. The van der Waals surface area contributed by atoms with E-state index in [9.17, 15) is 4.79 Å². The number of aryl methyl sites for hydroxylation is 1. The zero-order valence-corrected chi connectivity index (χ0v) is 18.4. The summed E-state index contributed by atoms with van der Waals surface area (Å²) >= 11 is 1.48. The molecule has 1 aliphatic rings. The molecule has 7 heteroatoms. The van der Waals surface area contributed by atoms with Crippen LogP contribution < -0.4 is 0 Å². The lowest BCUT2D eigenvalue weighted by Crippen LogP contribution is -2.37. The number of amides is 1. The molecule has 1 aromatic carbocycles. The van der Waals surface area contributed by atoms with Gasteiger partial charge in [0.2, 0.25) is 5.91 Å². The van der Waals surface area contributed by atoms with Gasteiger partial charge in [0.25, 0.3) is 0 Å². The molecule has 0 spiro atoms. The molecule has 0 aliphatic carbocycles. The third kappa shape index (κ3) is 4.61. The summed E-state index contributed by atoms with van der Waals surface area (Å²) in [6.07, 6.45) is 6.28. The average Bonchev–Trinajstić information content (AvgIpc) is 3.31. The summed E-state index contributed by atoms with van der Waals surface area (Å²) in [7, 11) is 0. The molecule has 3 heterocycles. The molecule has 158 valence electrons. The first-order valence-corrected chi connectivity index (χ1v) is 11.5. The fraction of sp³-hybridized carbons (Fsp3) is 0.435. The Hall–Kier alpha value is -2.54. The van der Waals surface area contributed by atoms with E-state index in [2.05, 4.69) is 33.8 Å². The molecule has 1 fully saturated rings. The number of thioether (sulfide) groups is 1. The lowest BCUT2D eigenvalue weighted by Gasteiger charge is -2.23. The predicted molar refractivity (Wildman–Crippen MR) is 118 cm³/mol. The number of aromatic nitrogens is 3. The minimum Gasteiger partial charge on any atom is -0.467 e. The van der Waals surface area contributed by atoms with E-state index in [1.807, 2.05) is 36.1 Å². The Bertz CT molecular complexity index is 975. The van der Waals surface area contributed by atoms with Crippen molar-refractivity contribution in [3.63, 3.8) is 0 Å². The normalized spacial score (nSPS) is 15.7. The molecule has 3 aromatic rings. The van der Waals surface area contributed by atoms with Crippen LogP contribution in [0.15, 0.2) is 52.2 Å². The average molecular weight is 425 g/mol. The molecule has 1 aliphatic heterocycles. The van der Waals surface area contributed by atoms with Crippen LogP contribution in [0.25, 0.3) is 11.4 Å². The maximum absolute atomic E-state index is 13.0. The summed E-state index contributed by atoms with van der Waals surface area (Å²) in [6.45, 7) is 6.28. The number of hydrogen-bond acceptors (Lipinski definition) is 5. The van der Waals surface area contributed by atoms with Crippen molar-refractivity contribution in [3.05, 3.63) is 54.0 Å². The number of carbonyl (C=O) groups excluding carboxylic acids is 1. The molecule has 4 rings (SSSR count). The molecule has 0 saturated carbocycles. The fourth-order valence-corrected chi connectivity index (χ4v) is 4.79. The van der Waals surface area contributed by atoms with Gasteiger partial charge >= 0.3 is 0 Å². The van der Waals surface area contributed by atoms with Crippen LogP contribution in [-0.2, 0) is 11.3 Å². The molecule has 1 amide bonds. The Morgan fingerprint density at radius 3 is 2.57 bits per heavy atom. The molecule has 1 atom stereocenters. The van der Waals surface area contributed by atoms with E-state index >= 15 is 0 Å². The molecule has 0 bridgehead atoms. The lowest BCUT2D eigenvalue weighted by atomic mass is 10.1. The van der Waals surface area contributed by atoms with Crippen LogP contribution in [0.4, 0.5) is 0 Å². The van der Waals surface area contributed by atoms with Crippen LogP contribution in [0.2, 0.25) is 0 Å². The Kier molecular flexibility index (Phi) is 6.57. The van der Waals surface area contributed by atoms with Gasteiger partial charge in [-0.05, 0) is 44.4 Å². The number of benzene rings is 1. The first-order chi connectivity index (χ1) is 14.6. The fourth-order valence-electron chi connectivity index (χ4n) is 3.86. The first kappa shape index (κ1) is 20.7. The van der Waals surface area contributed by atoms with E-state index in [1.54, 1.807) is 6.26 Å².